The summed E-state index contributed by atoms with van der Waals surface area (Å²) < 4.78 is 0. The van der Waals surface area contributed by atoms with Crippen LogP contribution >= 0.6 is 0 Å². The normalized spacial score (nSPS) is 13.3. The summed E-state index contributed by atoms with van der Waals surface area (Å²) in [6.07, 6.45) is 0. The Labute approximate surface area is 445 Å². The van der Waals surface area contributed by atoms with E-state index in [0.29, 0.717) is 0 Å². The van der Waals surface area contributed by atoms with Crippen LogP contribution in [0.3, 0.4) is 0 Å². The molecule has 0 bridgehead atoms. The summed E-state index contributed by atoms with van der Waals surface area (Å²) in [5, 5.41) is 0. The molecule has 0 N–H and O–H groups in total. The average molecular weight is 965 g/mol. The lowest BCUT2D eigenvalue weighted by molar-refractivity contribution is 0.768. The summed E-state index contributed by atoms with van der Waals surface area (Å²) in [6.45, 7) is -0.0673. The van der Waals surface area contributed by atoms with Crippen molar-refractivity contribution in [2.45, 2.75) is 5.41 Å². The van der Waals surface area contributed by atoms with Gasteiger partial charge in [-0.1, -0.05) is 249 Å². The SMILES string of the molecule is c1ccc(-c2ccc(N3c4ccccc4B4c5ccccc5N(c5ccc(-c6ccccc6)cc5-c5ccccc5)c5cc(C6(c7ccccc7)c7ccccc7-c7ccccc76)cc3c54)c(-c3ccccc3)c2)cc1. The second kappa shape index (κ2) is 17.8. The van der Waals surface area contributed by atoms with Crippen LogP contribution in [0.15, 0.2) is 297 Å². The van der Waals surface area contributed by atoms with Crippen molar-refractivity contribution in [3.8, 4) is 55.6 Å². The van der Waals surface area contributed by atoms with Gasteiger partial charge in [-0.3, -0.25) is 0 Å². The van der Waals surface area contributed by atoms with Crippen LogP contribution < -0.4 is 26.2 Å². The first-order chi connectivity index (χ1) is 37.7. The summed E-state index contributed by atoms with van der Waals surface area (Å²) >= 11 is 0. The van der Waals surface area contributed by atoms with Crippen molar-refractivity contribution in [3.05, 3.63) is 320 Å². The summed E-state index contributed by atoms with van der Waals surface area (Å²) in [5.74, 6) is 0. The predicted octanol–water partition coefficient (Wildman–Crippen LogP) is 16.8. The quantitative estimate of drug-likeness (QED) is 0.140. The molecule has 0 unspecified atom stereocenters. The van der Waals surface area contributed by atoms with E-state index in [0.717, 1.165) is 22.5 Å². The lowest BCUT2D eigenvalue weighted by Gasteiger charge is -2.46. The number of hydrogen-bond donors (Lipinski definition) is 0. The molecule has 76 heavy (non-hydrogen) atoms. The summed E-state index contributed by atoms with van der Waals surface area (Å²) in [7, 11) is 0. The molecule has 1 aliphatic carbocycles. The van der Waals surface area contributed by atoms with Crippen molar-refractivity contribution in [1.29, 1.82) is 0 Å². The van der Waals surface area contributed by atoms with E-state index >= 15 is 0 Å². The fourth-order valence-electron chi connectivity index (χ4n) is 13.1. The maximum absolute atomic E-state index is 2.61. The van der Waals surface area contributed by atoms with E-state index < -0.39 is 5.41 Å². The first-order valence-electron chi connectivity index (χ1n) is 26.5. The second-order valence-electron chi connectivity index (χ2n) is 20.3. The first kappa shape index (κ1) is 43.8. The number of nitrogens with zero attached hydrogens (tertiary/aromatic N) is 2. The van der Waals surface area contributed by atoms with Gasteiger partial charge in [0, 0.05) is 33.9 Å². The van der Waals surface area contributed by atoms with Crippen LogP contribution in [0.25, 0.3) is 55.6 Å². The highest BCUT2D eigenvalue weighted by atomic mass is 15.2. The standard InChI is InChI=1S/C73H49BN2/c1-6-24-50(25-7-1)54-42-44-66(60(46-54)52-28-10-3-11-29-52)75-68-40-22-20-38-64(68)74-65-39-21-23-41-69(65)76(67-45-43-55(51-26-8-2-9-27-51)47-61(67)53-30-12-4-13-31-53)71-49-57(48-70(75)72(71)74)73(56-32-14-5-15-33-56)62-36-18-16-34-58(62)59-35-17-19-37-63(59)73/h1-49H. The van der Waals surface area contributed by atoms with E-state index in [1.54, 1.807) is 0 Å². The molecule has 2 aliphatic heterocycles. The molecule has 3 aliphatic rings. The molecule has 12 aromatic carbocycles. The topological polar surface area (TPSA) is 6.48 Å². The molecule has 15 rings (SSSR count). The molecular formula is C73H49BN2. The van der Waals surface area contributed by atoms with Gasteiger partial charge in [0.05, 0.1) is 16.8 Å². The van der Waals surface area contributed by atoms with Crippen LogP contribution in [0.2, 0.25) is 0 Å². The van der Waals surface area contributed by atoms with E-state index in [4.69, 9.17) is 0 Å². The maximum Gasteiger partial charge on any atom is 0.252 e. The van der Waals surface area contributed by atoms with Crippen LogP contribution in [0, 0.1) is 0 Å². The summed E-state index contributed by atoms with van der Waals surface area (Å²) in [6, 6.07) is 111. The van der Waals surface area contributed by atoms with Gasteiger partial charge >= 0.3 is 0 Å². The highest BCUT2D eigenvalue weighted by Crippen LogP contribution is 2.58. The molecule has 0 saturated heterocycles. The summed E-state index contributed by atoms with van der Waals surface area (Å²) in [5.41, 5.74) is 27.0. The lowest BCUT2D eigenvalue weighted by Crippen LogP contribution is -2.61. The van der Waals surface area contributed by atoms with Gasteiger partial charge in [0.15, 0.2) is 0 Å². The maximum atomic E-state index is 2.61. The zero-order chi connectivity index (χ0) is 50.2. The largest absolute Gasteiger partial charge is 0.311 e. The van der Waals surface area contributed by atoms with E-state index in [2.05, 4.69) is 307 Å². The van der Waals surface area contributed by atoms with Gasteiger partial charge in [-0.2, -0.15) is 0 Å². The third kappa shape index (κ3) is 6.69. The van der Waals surface area contributed by atoms with Gasteiger partial charge in [0.25, 0.3) is 6.71 Å². The molecule has 0 fully saturated rings. The fourth-order valence-corrected chi connectivity index (χ4v) is 13.1. The Morgan fingerprint density at radius 2 is 0.605 bits per heavy atom. The molecule has 354 valence electrons. The molecule has 2 nitrogen and oxygen atoms in total. The number of fused-ring (bicyclic) bond motifs is 7. The molecular weight excluding hydrogens is 916 g/mol. The minimum atomic E-state index is -0.681. The monoisotopic (exact) mass is 964 g/mol. The van der Waals surface area contributed by atoms with E-state index in [1.807, 2.05) is 0 Å². The van der Waals surface area contributed by atoms with E-state index in [9.17, 15) is 0 Å². The van der Waals surface area contributed by atoms with Crippen LogP contribution in [-0.4, -0.2) is 6.71 Å². The number of hydrogen-bond acceptors (Lipinski definition) is 2. The number of benzene rings is 12. The van der Waals surface area contributed by atoms with Crippen LogP contribution in [0.5, 0.6) is 0 Å². The zero-order valence-corrected chi connectivity index (χ0v) is 41.8. The third-order valence-corrected chi connectivity index (χ3v) is 16.3. The van der Waals surface area contributed by atoms with Crippen molar-refractivity contribution in [2.75, 3.05) is 9.80 Å². The fraction of sp³-hybridized carbons (Fsp3) is 0.0137. The first-order valence-corrected chi connectivity index (χ1v) is 26.5. The van der Waals surface area contributed by atoms with Crippen molar-refractivity contribution >= 4 is 57.2 Å². The molecule has 0 spiro atoms. The molecule has 2 heterocycles. The summed E-state index contributed by atoms with van der Waals surface area (Å²) in [4.78, 5) is 5.22. The van der Waals surface area contributed by atoms with E-state index in [-0.39, 0.29) is 6.71 Å². The number of anilines is 6. The van der Waals surface area contributed by atoms with Gasteiger partial charge in [-0.15, -0.1) is 0 Å². The third-order valence-electron chi connectivity index (χ3n) is 16.3. The van der Waals surface area contributed by atoms with Gasteiger partial charge in [-0.05, 0) is 132 Å². The molecule has 0 amide bonds. The number of para-hydroxylation sites is 2. The smallest absolute Gasteiger partial charge is 0.252 e. The highest BCUT2D eigenvalue weighted by Gasteiger charge is 2.50. The zero-order valence-electron chi connectivity index (χ0n) is 41.8. The molecule has 0 atom stereocenters. The van der Waals surface area contributed by atoms with Gasteiger partial charge in [-0.25, -0.2) is 0 Å². The Bertz CT molecular complexity index is 3930. The Morgan fingerprint density at radius 3 is 1.05 bits per heavy atom. The Balaban J connectivity index is 1.10. The molecule has 0 saturated carbocycles. The van der Waals surface area contributed by atoms with E-state index in [1.165, 1.54) is 106 Å². The lowest BCUT2D eigenvalue weighted by atomic mass is 9.33. The average Bonchev–Trinajstić information content (AvgIpc) is 4.02. The van der Waals surface area contributed by atoms with Crippen LogP contribution in [-0.2, 0) is 5.41 Å². The van der Waals surface area contributed by atoms with Crippen LogP contribution in [0.1, 0.15) is 22.3 Å². The van der Waals surface area contributed by atoms with Crippen molar-refractivity contribution < 1.29 is 0 Å². The Kier molecular flexibility index (Phi) is 10.2. The van der Waals surface area contributed by atoms with Crippen molar-refractivity contribution in [3.63, 3.8) is 0 Å². The highest BCUT2D eigenvalue weighted by molar-refractivity contribution is 7.00. The second-order valence-corrected chi connectivity index (χ2v) is 20.3. The Morgan fingerprint density at radius 1 is 0.237 bits per heavy atom. The Hall–Kier alpha value is -9.70. The van der Waals surface area contributed by atoms with Crippen LogP contribution in [0.4, 0.5) is 34.1 Å². The van der Waals surface area contributed by atoms with Crippen molar-refractivity contribution in [1.82, 2.24) is 0 Å². The minimum absolute atomic E-state index is 0.0673. The van der Waals surface area contributed by atoms with Gasteiger partial charge < -0.3 is 9.80 Å². The molecule has 0 aromatic heterocycles. The molecule has 3 heteroatoms. The molecule has 0 radical (unpaired) electrons. The van der Waals surface area contributed by atoms with Gasteiger partial charge in [0.1, 0.15) is 0 Å². The number of rotatable bonds is 8. The minimum Gasteiger partial charge on any atom is -0.311 e. The van der Waals surface area contributed by atoms with Gasteiger partial charge in [0.2, 0.25) is 0 Å². The van der Waals surface area contributed by atoms with Crippen molar-refractivity contribution in [2.24, 2.45) is 0 Å². The molecule has 12 aromatic rings. The predicted molar refractivity (Wildman–Crippen MR) is 320 cm³/mol.